The van der Waals surface area contributed by atoms with Crippen LogP contribution in [0.1, 0.15) is 114 Å². The second-order valence-corrected chi connectivity index (χ2v) is 9.27. The zero-order valence-corrected chi connectivity index (χ0v) is 18.8. The highest BCUT2D eigenvalue weighted by Gasteiger charge is 2.14. The average molecular weight is 348 g/mol. The van der Waals surface area contributed by atoms with Crippen molar-refractivity contribution in [2.75, 3.05) is 0 Å². The van der Waals surface area contributed by atoms with Crippen LogP contribution in [0.3, 0.4) is 0 Å². The van der Waals surface area contributed by atoms with E-state index in [2.05, 4.69) is 74.5 Å². The van der Waals surface area contributed by atoms with E-state index >= 15 is 0 Å². The van der Waals surface area contributed by atoms with Crippen LogP contribution in [-0.4, -0.2) is 11.3 Å². The van der Waals surface area contributed by atoms with E-state index in [1.807, 2.05) is 0 Å². The highest BCUT2D eigenvalue weighted by atomic mass is 14.8. The molecule has 0 saturated carbocycles. The van der Waals surface area contributed by atoms with Gasteiger partial charge in [-0.05, 0) is 85.0 Å². The quantitative estimate of drug-likeness (QED) is 0.248. The van der Waals surface area contributed by atoms with Crippen molar-refractivity contribution in [3.63, 3.8) is 0 Å². The Morgan fingerprint density at radius 1 is 0.840 bits per heavy atom. The fourth-order valence-corrected chi connectivity index (χ4v) is 3.01. The monoisotopic (exact) mass is 347 g/mol. The van der Waals surface area contributed by atoms with Crippen molar-refractivity contribution in [3.05, 3.63) is 23.3 Å². The predicted octanol–water partition coefficient (Wildman–Crippen LogP) is 8.31. The number of hydrogen-bond donors (Lipinski definition) is 0. The Kier molecular flexibility index (Phi) is 11.3. The molecule has 0 unspecified atom stereocenters. The lowest BCUT2D eigenvalue weighted by Crippen LogP contribution is -2.16. The van der Waals surface area contributed by atoms with Crippen LogP contribution < -0.4 is 0 Å². The van der Waals surface area contributed by atoms with E-state index in [0.29, 0.717) is 5.41 Å². The van der Waals surface area contributed by atoms with Crippen LogP contribution in [0, 0.1) is 5.41 Å². The van der Waals surface area contributed by atoms with Gasteiger partial charge in [0.05, 0.1) is 5.54 Å². The third-order valence-electron chi connectivity index (χ3n) is 5.20. The topological polar surface area (TPSA) is 12.4 Å². The molecule has 1 nitrogen and oxygen atoms in total. The maximum Gasteiger partial charge on any atom is 0.0548 e. The van der Waals surface area contributed by atoms with E-state index in [0.717, 1.165) is 19.3 Å². The highest BCUT2D eigenvalue weighted by molar-refractivity contribution is 5.82. The van der Waals surface area contributed by atoms with Crippen molar-refractivity contribution in [2.45, 2.75) is 119 Å². The summed E-state index contributed by atoms with van der Waals surface area (Å²) in [6, 6.07) is 0. The number of nitrogens with zero attached hydrogens (tertiary/aromatic N) is 1. The van der Waals surface area contributed by atoms with Crippen molar-refractivity contribution in [1.82, 2.24) is 0 Å². The second kappa shape index (κ2) is 11.7. The Hall–Kier alpha value is -0.850. The first-order chi connectivity index (χ1) is 11.5. The number of rotatable bonds is 12. The van der Waals surface area contributed by atoms with Gasteiger partial charge < -0.3 is 0 Å². The molecule has 0 rings (SSSR count). The zero-order chi connectivity index (χ0) is 19.5. The summed E-state index contributed by atoms with van der Waals surface area (Å²) in [6.07, 6.45) is 14.4. The van der Waals surface area contributed by atoms with Crippen LogP contribution in [0.25, 0.3) is 0 Å². The summed E-state index contributed by atoms with van der Waals surface area (Å²) in [6.45, 7) is 20.4. The Bertz CT molecular complexity index is 460. The van der Waals surface area contributed by atoms with Crippen molar-refractivity contribution in [1.29, 1.82) is 0 Å². The molecule has 0 radical (unpaired) electrons. The summed E-state index contributed by atoms with van der Waals surface area (Å²) in [4.78, 5) is 4.85. The Balaban J connectivity index is 4.28. The van der Waals surface area contributed by atoms with Gasteiger partial charge in [0, 0.05) is 5.71 Å². The maximum atomic E-state index is 4.85. The van der Waals surface area contributed by atoms with E-state index in [4.69, 9.17) is 4.99 Å². The van der Waals surface area contributed by atoms with Crippen LogP contribution >= 0.6 is 0 Å². The van der Waals surface area contributed by atoms with E-state index < -0.39 is 0 Å². The van der Waals surface area contributed by atoms with Gasteiger partial charge in [-0.1, -0.05) is 57.4 Å². The van der Waals surface area contributed by atoms with Crippen molar-refractivity contribution < 1.29 is 0 Å². The summed E-state index contributed by atoms with van der Waals surface area (Å²) in [7, 11) is 0. The fourth-order valence-electron chi connectivity index (χ4n) is 3.01. The van der Waals surface area contributed by atoms with Gasteiger partial charge in [0.25, 0.3) is 0 Å². The van der Waals surface area contributed by atoms with Crippen LogP contribution in [-0.2, 0) is 0 Å². The molecule has 0 saturated heterocycles. The minimum atomic E-state index is 0.0924. The predicted molar refractivity (Wildman–Crippen MR) is 117 cm³/mol. The van der Waals surface area contributed by atoms with Gasteiger partial charge >= 0.3 is 0 Å². The van der Waals surface area contributed by atoms with Gasteiger partial charge in [-0.2, -0.15) is 0 Å². The summed E-state index contributed by atoms with van der Waals surface area (Å²) in [5.74, 6) is 0. The first kappa shape index (κ1) is 24.1. The van der Waals surface area contributed by atoms with E-state index in [-0.39, 0.29) is 5.54 Å². The smallest absolute Gasteiger partial charge is 0.0548 e. The maximum absolute atomic E-state index is 4.85. The third kappa shape index (κ3) is 13.1. The Morgan fingerprint density at radius 2 is 1.44 bits per heavy atom. The molecular formula is C24H45N. The van der Waals surface area contributed by atoms with Gasteiger partial charge in [0.2, 0.25) is 0 Å². The number of hydrogen-bond acceptors (Lipinski definition) is 1. The molecule has 0 aliphatic heterocycles. The van der Waals surface area contributed by atoms with E-state index in [1.165, 1.54) is 49.0 Å². The van der Waals surface area contributed by atoms with E-state index in [9.17, 15) is 0 Å². The minimum Gasteiger partial charge on any atom is -0.288 e. The summed E-state index contributed by atoms with van der Waals surface area (Å²) in [5, 5.41) is 0. The molecule has 0 aliphatic rings. The van der Waals surface area contributed by atoms with Gasteiger partial charge in [-0.3, -0.25) is 4.99 Å². The number of aliphatic imine (C=N–C) groups is 1. The average Bonchev–Trinajstić information content (AvgIpc) is 2.51. The van der Waals surface area contributed by atoms with Crippen LogP contribution in [0.2, 0.25) is 0 Å². The lowest BCUT2D eigenvalue weighted by Gasteiger charge is -2.22. The van der Waals surface area contributed by atoms with Crippen LogP contribution in [0.15, 0.2) is 28.3 Å². The van der Waals surface area contributed by atoms with E-state index in [1.54, 1.807) is 0 Å². The molecule has 0 N–H and O–H groups in total. The Morgan fingerprint density at radius 3 is 2.00 bits per heavy atom. The second-order valence-electron chi connectivity index (χ2n) is 9.27. The standard InChI is InChI=1S/C24H45N/c1-10-18-23(6,7)19-17-21(4)14-12-13-20(3)15-16-22(5)25-24(8,9)11-2/h13,17H,10-12,14-16,18-19H2,1-9H3/b20-13+,21-17+,25-22?. The summed E-state index contributed by atoms with van der Waals surface area (Å²) in [5.41, 5.74) is 4.87. The molecule has 0 heterocycles. The summed E-state index contributed by atoms with van der Waals surface area (Å²) < 4.78 is 0. The molecular weight excluding hydrogens is 302 g/mol. The Labute approximate surface area is 159 Å². The lowest BCUT2D eigenvalue weighted by molar-refractivity contribution is 0.335. The van der Waals surface area contributed by atoms with Crippen molar-refractivity contribution in [3.8, 4) is 0 Å². The fraction of sp³-hybridized carbons (Fsp3) is 0.792. The molecule has 0 amide bonds. The zero-order valence-electron chi connectivity index (χ0n) is 18.8. The molecule has 0 aromatic carbocycles. The van der Waals surface area contributed by atoms with Crippen molar-refractivity contribution in [2.24, 2.45) is 10.4 Å². The molecule has 0 aromatic heterocycles. The highest BCUT2D eigenvalue weighted by Crippen LogP contribution is 2.28. The summed E-state index contributed by atoms with van der Waals surface area (Å²) >= 11 is 0. The number of allylic oxidation sites excluding steroid dienone is 4. The molecule has 0 atom stereocenters. The van der Waals surface area contributed by atoms with Gasteiger partial charge in [-0.15, -0.1) is 0 Å². The molecule has 1 heteroatoms. The van der Waals surface area contributed by atoms with Gasteiger partial charge in [0.15, 0.2) is 0 Å². The first-order valence-corrected chi connectivity index (χ1v) is 10.4. The molecule has 0 fully saturated rings. The molecule has 25 heavy (non-hydrogen) atoms. The molecule has 146 valence electrons. The lowest BCUT2D eigenvalue weighted by atomic mass is 9.84. The SMILES string of the molecule is CCCC(C)(C)C/C=C(\C)CC/C=C(\C)CCC(C)=NC(C)(C)CC. The van der Waals surface area contributed by atoms with Gasteiger partial charge in [-0.25, -0.2) is 0 Å². The molecule has 0 aromatic rings. The first-order valence-electron chi connectivity index (χ1n) is 10.4. The molecule has 0 bridgehead atoms. The van der Waals surface area contributed by atoms with Gasteiger partial charge in [0.1, 0.15) is 0 Å². The van der Waals surface area contributed by atoms with Crippen molar-refractivity contribution >= 4 is 5.71 Å². The normalized spacial score (nSPS) is 15.0. The minimum absolute atomic E-state index is 0.0924. The molecule has 0 spiro atoms. The largest absolute Gasteiger partial charge is 0.288 e. The van der Waals surface area contributed by atoms with Crippen LogP contribution in [0.4, 0.5) is 0 Å². The molecule has 0 aliphatic carbocycles. The third-order valence-corrected chi connectivity index (χ3v) is 5.20. The van der Waals surface area contributed by atoms with Crippen LogP contribution in [0.5, 0.6) is 0 Å².